The van der Waals surface area contributed by atoms with Gasteiger partial charge in [-0.15, -0.1) is 21.5 Å². The third kappa shape index (κ3) is 4.36. The summed E-state index contributed by atoms with van der Waals surface area (Å²) >= 11 is 3.01. The van der Waals surface area contributed by atoms with Crippen molar-refractivity contribution in [1.82, 2.24) is 14.8 Å². The van der Waals surface area contributed by atoms with Gasteiger partial charge in [0.1, 0.15) is 0 Å². The SMILES string of the molecule is Cc1c(NC(=O)CSc2nnc(-c3cccs3)n2C(C)C2CC3CCC2C3)cccc1[N+](=O)[O-]. The Bertz CT molecular complexity index is 1210. The van der Waals surface area contributed by atoms with E-state index in [4.69, 9.17) is 0 Å². The topological polar surface area (TPSA) is 103 Å². The van der Waals surface area contributed by atoms with Gasteiger partial charge in [0.15, 0.2) is 11.0 Å². The van der Waals surface area contributed by atoms with E-state index in [1.54, 1.807) is 30.4 Å². The van der Waals surface area contributed by atoms with Gasteiger partial charge in [-0.1, -0.05) is 30.3 Å². The van der Waals surface area contributed by atoms with E-state index < -0.39 is 4.92 Å². The van der Waals surface area contributed by atoms with Gasteiger partial charge in [0, 0.05) is 12.1 Å². The Balaban J connectivity index is 1.34. The number of hydrogen-bond acceptors (Lipinski definition) is 7. The average molecular weight is 498 g/mol. The third-order valence-corrected chi connectivity index (χ3v) is 9.14. The number of fused-ring (bicyclic) bond motifs is 2. The Morgan fingerprint density at radius 2 is 2.15 bits per heavy atom. The van der Waals surface area contributed by atoms with Crippen LogP contribution < -0.4 is 5.32 Å². The summed E-state index contributed by atoms with van der Waals surface area (Å²) in [4.78, 5) is 24.6. The molecule has 34 heavy (non-hydrogen) atoms. The lowest BCUT2D eigenvalue weighted by molar-refractivity contribution is -0.385. The van der Waals surface area contributed by atoms with Crippen LogP contribution in [0.4, 0.5) is 11.4 Å². The second-order valence-corrected chi connectivity index (χ2v) is 11.2. The lowest BCUT2D eigenvalue weighted by Crippen LogP contribution is -2.23. The zero-order chi connectivity index (χ0) is 23.8. The molecule has 10 heteroatoms. The molecule has 2 aromatic heterocycles. The molecule has 0 spiro atoms. The van der Waals surface area contributed by atoms with Crippen LogP contribution in [0.3, 0.4) is 0 Å². The first-order chi connectivity index (χ1) is 16.4. The minimum atomic E-state index is -0.439. The van der Waals surface area contributed by atoms with E-state index in [2.05, 4.69) is 33.1 Å². The third-order valence-electron chi connectivity index (χ3n) is 7.33. The van der Waals surface area contributed by atoms with E-state index >= 15 is 0 Å². The van der Waals surface area contributed by atoms with Crippen LogP contribution >= 0.6 is 23.1 Å². The first-order valence-electron chi connectivity index (χ1n) is 11.6. The smallest absolute Gasteiger partial charge is 0.274 e. The Morgan fingerprint density at radius 3 is 2.82 bits per heavy atom. The molecule has 0 aliphatic heterocycles. The predicted octanol–water partition coefficient (Wildman–Crippen LogP) is 5.95. The molecule has 2 saturated carbocycles. The van der Waals surface area contributed by atoms with Crippen molar-refractivity contribution in [2.24, 2.45) is 17.8 Å². The zero-order valence-corrected chi connectivity index (χ0v) is 20.8. The number of thioether (sulfide) groups is 1. The van der Waals surface area contributed by atoms with Crippen molar-refractivity contribution in [3.63, 3.8) is 0 Å². The van der Waals surface area contributed by atoms with Crippen molar-refractivity contribution in [2.45, 2.75) is 50.7 Å². The lowest BCUT2D eigenvalue weighted by Gasteiger charge is -2.30. The van der Waals surface area contributed by atoms with E-state index in [9.17, 15) is 14.9 Å². The van der Waals surface area contributed by atoms with E-state index in [0.717, 1.165) is 27.7 Å². The van der Waals surface area contributed by atoms with Gasteiger partial charge in [-0.2, -0.15) is 0 Å². The minimum absolute atomic E-state index is 0.00882. The largest absolute Gasteiger partial charge is 0.325 e. The van der Waals surface area contributed by atoms with E-state index in [1.165, 1.54) is 43.5 Å². The van der Waals surface area contributed by atoms with Gasteiger partial charge in [-0.25, -0.2) is 0 Å². The maximum Gasteiger partial charge on any atom is 0.274 e. The number of nitro groups is 1. The minimum Gasteiger partial charge on any atom is -0.325 e. The summed E-state index contributed by atoms with van der Waals surface area (Å²) in [6.45, 7) is 3.91. The number of nitrogens with zero attached hydrogens (tertiary/aromatic N) is 4. The molecule has 8 nitrogen and oxygen atoms in total. The van der Waals surface area contributed by atoms with Crippen LogP contribution in [0.25, 0.3) is 10.7 Å². The number of benzene rings is 1. The van der Waals surface area contributed by atoms with Crippen molar-refractivity contribution in [3.8, 4) is 10.7 Å². The van der Waals surface area contributed by atoms with Gasteiger partial charge in [0.25, 0.3) is 5.69 Å². The van der Waals surface area contributed by atoms with Gasteiger partial charge in [0.2, 0.25) is 5.91 Å². The molecule has 0 saturated heterocycles. The molecule has 1 amide bonds. The first kappa shape index (κ1) is 23.0. The van der Waals surface area contributed by atoms with Crippen molar-refractivity contribution in [3.05, 3.63) is 51.4 Å². The van der Waals surface area contributed by atoms with Crippen LogP contribution in [0.2, 0.25) is 0 Å². The normalized spacial score (nSPS) is 22.1. The zero-order valence-electron chi connectivity index (χ0n) is 19.1. The van der Waals surface area contributed by atoms with E-state index in [-0.39, 0.29) is 23.4 Å². The summed E-state index contributed by atoms with van der Waals surface area (Å²) in [5.74, 6) is 3.00. The monoisotopic (exact) mass is 497 g/mol. The van der Waals surface area contributed by atoms with Crippen LogP contribution in [0.15, 0.2) is 40.9 Å². The Hall–Kier alpha value is -2.72. The van der Waals surface area contributed by atoms with Gasteiger partial charge in [-0.3, -0.25) is 19.5 Å². The highest BCUT2D eigenvalue weighted by Crippen LogP contribution is 2.53. The summed E-state index contributed by atoms with van der Waals surface area (Å²) in [6.07, 6.45) is 5.25. The highest BCUT2D eigenvalue weighted by atomic mass is 32.2. The molecule has 1 N–H and O–H groups in total. The fourth-order valence-electron chi connectivity index (χ4n) is 5.67. The molecule has 2 aliphatic carbocycles. The molecule has 178 valence electrons. The second kappa shape index (κ2) is 9.50. The molecule has 5 rings (SSSR count). The van der Waals surface area contributed by atoms with Crippen molar-refractivity contribution in [1.29, 1.82) is 0 Å². The Kier molecular flexibility index (Phi) is 6.44. The maximum absolute atomic E-state index is 12.7. The fourth-order valence-corrected chi connectivity index (χ4v) is 7.19. The first-order valence-corrected chi connectivity index (χ1v) is 13.4. The van der Waals surface area contributed by atoms with Crippen LogP contribution in [-0.4, -0.2) is 31.3 Å². The van der Waals surface area contributed by atoms with E-state index in [1.807, 2.05) is 11.4 Å². The molecule has 4 unspecified atom stereocenters. The Morgan fingerprint density at radius 1 is 1.29 bits per heavy atom. The van der Waals surface area contributed by atoms with E-state index in [0.29, 0.717) is 17.2 Å². The summed E-state index contributed by atoms with van der Waals surface area (Å²) in [5.41, 5.74) is 0.889. The number of nitro benzene ring substituents is 1. The number of amides is 1. The molecule has 2 fully saturated rings. The quantitative estimate of drug-likeness (QED) is 0.234. The fraction of sp³-hybridized carbons (Fsp3) is 0.458. The molecule has 1 aromatic carbocycles. The molecular weight excluding hydrogens is 470 g/mol. The number of carbonyl (C=O) groups is 1. The summed E-state index contributed by atoms with van der Waals surface area (Å²) in [5, 5.41) is 25.8. The maximum atomic E-state index is 12.7. The summed E-state index contributed by atoms with van der Waals surface area (Å²) in [7, 11) is 0. The molecule has 2 aliphatic rings. The number of anilines is 1. The second-order valence-electron chi connectivity index (χ2n) is 9.28. The lowest BCUT2D eigenvalue weighted by atomic mass is 9.84. The van der Waals surface area contributed by atoms with Crippen molar-refractivity contribution in [2.75, 3.05) is 11.1 Å². The van der Waals surface area contributed by atoms with Crippen molar-refractivity contribution < 1.29 is 9.72 Å². The molecular formula is C24H27N5O3S2. The molecule has 2 bridgehead atoms. The van der Waals surface area contributed by atoms with Gasteiger partial charge < -0.3 is 5.32 Å². The summed E-state index contributed by atoms with van der Waals surface area (Å²) in [6, 6.07) is 9.03. The summed E-state index contributed by atoms with van der Waals surface area (Å²) < 4.78 is 2.23. The van der Waals surface area contributed by atoms with Gasteiger partial charge in [0.05, 0.1) is 26.8 Å². The molecule has 4 atom stereocenters. The number of thiophene rings is 1. The average Bonchev–Trinajstić information content (AvgIpc) is 3.62. The molecule has 2 heterocycles. The predicted molar refractivity (Wildman–Crippen MR) is 134 cm³/mol. The number of nitrogens with one attached hydrogen (secondary N) is 1. The Labute approximate surface area is 206 Å². The standard InChI is InChI=1S/C24H27N5O3S2/c1-14-19(5-3-6-20(14)29(31)32)25-22(30)13-34-24-27-26-23(21-7-4-10-33-21)28(24)15(2)18-12-16-8-9-17(18)11-16/h3-7,10,15-18H,8-9,11-13H2,1-2H3,(H,25,30). The van der Waals surface area contributed by atoms with Gasteiger partial charge >= 0.3 is 0 Å². The number of rotatable bonds is 8. The molecule has 0 radical (unpaired) electrons. The van der Waals surface area contributed by atoms with Crippen molar-refractivity contribution >= 4 is 40.4 Å². The highest BCUT2D eigenvalue weighted by Gasteiger charge is 2.43. The van der Waals surface area contributed by atoms with Crippen LogP contribution in [-0.2, 0) is 4.79 Å². The van der Waals surface area contributed by atoms with Crippen LogP contribution in [0.5, 0.6) is 0 Å². The van der Waals surface area contributed by atoms with Crippen LogP contribution in [0, 0.1) is 34.8 Å². The number of aromatic nitrogens is 3. The number of carbonyl (C=O) groups excluding carboxylic acids is 1. The molecule has 3 aromatic rings. The van der Waals surface area contributed by atoms with Gasteiger partial charge in [-0.05, 0) is 68.4 Å². The number of hydrogen-bond donors (Lipinski definition) is 1. The highest BCUT2D eigenvalue weighted by molar-refractivity contribution is 7.99. The van der Waals surface area contributed by atoms with Crippen LogP contribution in [0.1, 0.15) is 44.2 Å².